The molecular formula is C28H41N7O2. The number of carbonyl (C=O) groups excluding carboxylic acids is 1. The number of hydrogen-bond acceptors (Lipinski definition) is 9. The molecule has 1 saturated carbocycles. The fraction of sp³-hybridized carbons (Fsp3) is 0.714. The Hall–Kier alpha value is -2.52. The second-order valence-corrected chi connectivity index (χ2v) is 11.8. The summed E-state index contributed by atoms with van der Waals surface area (Å²) in [6.07, 6.45) is 7.41. The molecule has 9 nitrogen and oxygen atoms in total. The summed E-state index contributed by atoms with van der Waals surface area (Å²) in [6.45, 7) is 9.28. The van der Waals surface area contributed by atoms with Crippen LogP contribution in [0.25, 0.3) is 11.5 Å². The number of piperazine rings is 1. The molecule has 0 aromatic carbocycles. The normalized spacial score (nSPS) is 28.0. The Kier molecular flexibility index (Phi) is 6.69. The van der Waals surface area contributed by atoms with Crippen molar-refractivity contribution < 1.29 is 9.32 Å². The number of aromatic nitrogens is 3. The van der Waals surface area contributed by atoms with Gasteiger partial charge in [0.15, 0.2) is 17.3 Å². The van der Waals surface area contributed by atoms with Crippen LogP contribution in [0.5, 0.6) is 0 Å². The average molecular weight is 508 g/mol. The van der Waals surface area contributed by atoms with Gasteiger partial charge in [-0.05, 0) is 66.1 Å². The highest BCUT2D eigenvalue weighted by Crippen LogP contribution is 2.47. The molecule has 200 valence electrons. The number of Topliss-reactive ketones (excluding diaryl/α,β-unsaturated/α-hetero) is 1. The number of rotatable bonds is 3. The molecule has 2 aliphatic heterocycles. The Bertz CT molecular complexity index is 1140. The first kappa shape index (κ1) is 24.8. The molecule has 2 aromatic rings. The highest BCUT2D eigenvalue weighted by atomic mass is 16.5. The number of ketones is 1. The number of fused-ring (bicyclic) bond motifs is 2. The Morgan fingerprint density at radius 1 is 0.892 bits per heavy atom. The summed E-state index contributed by atoms with van der Waals surface area (Å²) in [5.41, 5.74) is 1.31. The maximum atomic E-state index is 13.2. The molecule has 0 amide bonds. The molecule has 0 unspecified atom stereocenters. The van der Waals surface area contributed by atoms with E-state index in [1.807, 2.05) is 0 Å². The van der Waals surface area contributed by atoms with Gasteiger partial charge < -0.3 is 24.1 Å². The second kappa shape index (κ2) is 9.98. The van der Waals surface area contributed by atoms with Crippen LogP contribution >= 0.6 is 0 Å². The van der Waals surface area contributed by atoms with Crippen molar-refractivity contribution in [3.05, 3.63) is 17.4 Å². The van der Waals surface area contributed by atoms with Crippen LogP contribution in [0.3, 0.4) is 0 Å². The van der Waals surface area contributed by atoms with Gasteiger partial charge in [0.2, 0.25) is 0 Å². The van der Waals surface area contributed by atoms with E-state index in [1.165, 1.54) is 0 Å². The van der Waals surface area contributed by atoms with E-state index in [-0.39, 0.29) is 0 Å². The monoisotopic (exact) mass is 507 g/mol. The third kappa shape index (κ3) is 4.54. The number of likely N-dealkylation sites (N-methyl/N-ethyl adjacent to an activating group) is 2. The van der Waals surface area contributed by atoms with Crippen LogP contribution in [0.2, 0.25) is 0 Å². The van der Waals surface area contributed by atoms with Crippen LogP contribution in [0.15, 0.2) is 10.6 Å². The number of anilines is 2. The van der Waals surface area contributed by atoms with Gasteiger partial charge in [0.05, 0.1) is 5.41 Å². The van der Waals surface area contributed by atoms with Gasteiger partial charge in [0.1, 0.15) is 17.4 Å². The van der Waals surface area contributed by atoms with Crippen LogP contribution in [-0.4, -0.2) is 96.7 Å². The van der Waals surface area contributed by atoms with E-state index in [9.17, 15) is 4.79 Å². The first-order valence-electron chi connectivity index (χ1n) is 14.2. The lowest BCUT2D eigenvalue weighted by Crippen LogP contribution is -2.45. The number of nitrogens with zero attached hydrogens (tertiary/aromatic N) is 7. The largest absolute Gasteiger partial charge is 0.359 e. The molecule has 6 rings (SSSR count). The molecule has 3 fully saturated rings. The molecule has 2 atom stereocenters. The van der Waals surface area contributed by atoms with Crippen molar-refractivity contribution in [3.8, 4) is 11.5 Å². The SMILES string of the molecule is C[C@H]1CN(C)CCCN1c1cc(N2CCN(C)CC2)nc(-c2noc3c2CCC[C@@]32CCCCC2=O)n1. The van der Waals surface area contributed by atoms with Gasteiger partial charge in [0.25, 0.3) is 0 Å². The summed E-state index contributed by atoms with van der Waals surface area (Å²) >= 11 is 0. The predicted octanol–water partition coefficient (Wildman–Crippen LogP) is 3.13. The topological polar surface area (TPSA) is 81.8 Å². The van der Waals surface area contributed by atoms with Gasteiger partial charge in [-0.15, -0.1) is 0 Å². The summed E-state index contributed by atoms with van der Waals surface area (Å²) in [5, 5.41) is 4.58. The first-order chi connectivity index (χ1) is 17.9. The van der Waals surface area contributed by atoms with Crippen molar-refractivity contribution >= 4 is 17.4 Å². The highest BCUT2D eigenvalue weighted by molar-refractivity contribution is 5.91. The molecule has 2 aromatic heterocycles. The quantitative estimate of drug-likeness (QED) is 0.622. The van der Waals surface area contributed by atoms with E-state index in [2.05, 4.69) is 51.8 Å². The summed E-state index contributed by atoms with van der Waals surface area (Å²) in [6, 6.07) is 2.53. The second-order valence-electron chi connectivity index (χ2n) is 11.8. The van der Waals surface area contributed by atoms with Crippen molar-refractivity contribution in [3.63, 3.8) is 0 Å². The van der Waals surface area contributed by atoms with Crippen molar-refractivity contribution in [2.45, 2.75) is 69.7 Å². The van der Waals surface area contributed by atoms with Crippen LogP contribution in [0.1, 0.15) is 63.2 Å². The molecule has 2 saturated heterocycles. The Morgan fingerprint density at radius 3 is 2.49 bits per heavy atom. The zero-order chi connectivity index (χ0) is 25.6. The van der Waals surface area contributed by atoms with Crippen molar-refractivity contribution in [2.24, 2.45) is 0 Å². The average Bonchev–Trinajstić information content (AvgIpc) is 3.26. The Morgan fingerprint density at radius 2 is 1.68 bits per heavy atom. The van der Waals surface area contributed by atoms with E-state index in [0.29, 0.717) is 24.1 Å². The van der Waals surface area contributed by atoms with Gasteiger partial charge in [0, 0.05) is 63.4 Å². The van der Waals surface area contributed by atoms with E-state index >= 15 is 0 Å². The highest BCUT2D eigenvalue weighted by Gasteiger charge is 2.48. The van der Waals surface area contributed by atoms with Crippen molar-refractivity contribution in [1.29, 1.82) is 0 Å². The maximum Gasteiger partial charge on any atom is 0.186 e. The van der Waals surface area contributed by atoms with Gasteiger partial charge in [-0.3, -0.25) is 4.79 Å². The maximum absolute atomic E-state index is 13.2. The summed E-state index contributed by atoms with van der Waals surface area (Å²) in [5.74, 6) is 3.71. The van der Waals surface area contributed by atoms with E-state index in [1.54, 1.807) is 0 Å². The fourth-order valence-corrected chi connectivity index (χ4v) is 6.95. The zero-order valence-corrected chi connectivity index (χ0v) is 22.7. The van der Waals surface area contributed by atoms with Crippen LogP contribution < -0.4 is 9.80 Å². The third-order valence-corrected chi connectivity index (χ3v) is 9.12. The Balaban J connectivity index is 1.42. The first-order valence-corrected chi connectivity index (χ1v) is 14.2. The zero-order valence-electron chi connectivity index (χ0n) is 22.7. The third-order valence-electron chi connectivity index (χ3n) is 9.12. The molecule has 2 aliphatic carbocycles. The standard InChI is InChI=1S/C28H41N7O2/c1-20-19-33(3)12-7-13-35(20)24-18-23(34-16-14-32(2)15-17-34)29-27(30-24)25-21-8-6-11-28(26(21)37-31-25)10-5-4-9-22(28)36/h18,20H,4-17,19H2,1-3H3/t20-,28+/m0/s1. The van der Waals surface area contributed by atoms with E-state index in [4.69, 9.17) is 14.5 Å². The van der Waals surface area contributed by atoms with E-state index < -0.39 is 5.41 Å². The van der Waals surface area contributed by atoms with Crippen molar-refractivity contribution in [1.82, 2.24) is 24.9 Å². The summed E-state index contributed by atoms with van der Waals surface area (Å²) in [7, 11) is 4.37. The smallest absolute Gasteiger partial charge is 0.186 e. The predicted molar refractivity (Wildman–Crippen MR) is 144 cm³/mol. The number of hydrogen-bond donors (Lipinski definition) is 0. The lowest BCUT2D eigenvalue weighted by atomic mass is 9.64. The number of carbonyl (C=O) groups is 1. The molecule has 0 N–H and O–H groups in total. The minimum atomic E-state index is -0.487. The minimum Gasteiger partial charge on any atom is -0.359 e. The van der Waals surface area contributed by atoms with Gasteiger partial charge >= 0.3 is 0 Å². The summed E-state index contributed by atoms with van der Waals surface area (Å²) in [4.78, 5) is 33.0. The van der Waals surface area contributed by atoms with Crippen LogP contribution in [0, 0.1) is 0 Å². The lowest BCUT2D eigenvalue weighted by Gasteiger charge is -2.36. The Labute approximate surface area is 220 Å². The fourth-order valence-electron chi connectivity index (χ4n) is 6.95. The molecule has 1 spiro atoms. The molecule has 0 radical (unpaired) electrons. The minimum absolute atomic E-state index is 0.331. The van der Waals surface area contributed by atoms with E-state index in [0.717, 1.165) is 119 Å². The molecule has 9 heteroatoms. The molecule has 4 aliphatic rings. The molecular weight excluding hydrogens is 466 g/mol. The summed E-state index contributed by atoms with van der Waals surface area (Å²) < 4.78 is 6.05. The van der Waals surface area contributed by atoms with Crippen molar-refractivity contribution in [2.75, 3.05) is 69.7 Å². The van der Waals surface area contributed by atoms with Gasteiger partial charge in [-0.2, -0.15) is 0 Å². The molecule has 0 bridgehead atoms. The van der Waals surface area contributed by atoms with Gasteiger partial charge in [-0.1, -0.05) is 11.6 Å². The molecule has 37 heavy (non-hydrogen) atoms. The van der Waals surface area contributed by atoms with Crippen LogP contribution in [-0.2, 0) is 16.6 Å². The lowest BCUT2D eigenvalue weighted by molar-refractivity contribution is -0.128. The molecule has 4 heterocycles. The van der Waals surface area contributed by atoms with Crippen LogP contribution in [0.4, 0.5) is 11.6 Å². The van der Waals surface area contributed by atoms with Gasteiger partial charge in [-0.25, -0.2) is 9.97 Å².